The van der Waals surface area contributed by atoms with E-state index in [1.165, 1.54) is 12.1 Å². The quantitative estimate of drug-likeness (QED) is 0.350. The van der Waals surface area contributed by atoms with E-state index in [-0.39, 0.29) is 11.6 Å². The van der Waals surface area contributed by atoms with E-state index in [0.717, 1.165) is 22.2 Å². The molecule has 25 heavy (non-hydrogen) atoms. The van der Waals surface area contributed by atoms with E-state index in [4.69, 9.17) is 0 Å². The molecule has 0 bridgehead atoms. The van der Waals surface area contributed by atoms with Gasteiger partial charge < -0.3 is 15.6 Å². The number of carbonyl (C=O) groups is 1. The van der Waals surface area contributed by atoms with E-state index in [2.05, 4.69) is 15.6 Å². The average molecular weight is 338 g/mol. The molecule has 0 saturated heterocycles. The average Bonchev–Trinajstić information content (AvgIpc) is 3.02. The van der Waals surface area contributed by atoms with Crippen LogP contribution in [-0.4, -0.2) is 28.9 Å². The lowest BCUT2D eigenvalue weighted by atomic mass is 10.1. The van der Waals surface area contributed by atoms with E-state index < -0.39 is 4.92 Å². The van der Waals surface area contributed by atoms with Crippen molar-refractivity contribution in [3.05, 3.63) is 70.4 Å². The van der Waals surface area contributed by atoms with Crippen molar-refractivity contribution in [2.75, 3.05) is 18.4 Å². The first-order chi connectivity index (χ1) is 12.1. The molecule has 1 aromatic heterocycles. The lowest BCUT2D eigenvalue weighted by Gasteiger charge is -2.08. The third-order valence-electron chi connectivity index (χ3n) is 3.88. The lowest BCUT2D eigenvalue weighted by molar-refractivity contribution is -0.384. The third-order valence-corrected chi connectivity index (χ3v) is 3.88. The number of hydrogen-bond donors (Lipinski definition) is 3. The monoisotopic (exact) mass is 338 g/mol. The predicted octanol–water partition coefficient (Wildman–Crippen LogP) is 2.85. The second-order valence-corrected chi connectivity index (χ2v) is 5.62. The highest BCUT2D eigenvalue weighted by molar-refractivity contribution is 5.88. The molecule has 0 atom stereocenters. The molecule has 7 nitrogen and oxygen atoms in total. The molecule has 2 aromatic carbocycles. The number of nitro benzene ring substituents is 1. The van der Waals surface area contributed by atoms with Crippen LogP contribution in [0.1, 0.15) is 5.56 Å². The van der Waals surface area contributed by atoms with Crippen molar-refractivity contribution in [1.82, 2.24) is 10.3 Å². The Bertz CT molecular complexity index is 887. The molecule has 0 aliphatic rings. The number of aromatic amines is 1. The highest BCUT2D eigenvalue weighted by Crippen LogP contribution is 2.18. The number of aromatic nitrogens is 1. The maximum atomic E-state index is 12.1. The first-order valence-electron chi connectivity index (χ1n) is 7.93. The second kappa shape index (κ2) is 7.48. The smallest absolute Gasteiger partial charge is 0.269 e. The van der Waals surface area contributed by atoms with Gasteiger partial charge in [-0.3, -0.25) is 14.9 Å². The number of anilines is 1. The van der Waals surface area contributed by atoms with Crippen LogP contribution in [0.3, 0.4) is 0 Å². The molecule has 0 aliphatic carbocycles. The summed E-state index contributed by atoms with van der Waals surface area (Å²) >= 11 is 0. The van der Waals surface area contributed by atoms with Crippen LogP contribution in [0.25, 0.3) is 10.9 Å². The highest BCUT2D eigenvalue weighted by Gasteiger charge is 2.08. The number of fused-ring (bicyclic) bond motifs is 1. The number of carbonyl (C=O) groups excluding carboxylic acids is 1. The number of H-pyrrole nitrogens is 1. The number of non-ortho nitro benzene ring substituents is 1. The zero-order valence-corrected chi connectivity index (χ0v) is 13.5. The van der Waals surface area contributed by atoms with Gasteiger partial charge in [-0.05, 0) is 23.8 Å². The summed E-state index contributed by atoms with van der Waals surface area (Å²) in [6.45, 7) is 1.01. The van der Waals surface area contributed by atoms with Crippen molar-refractivity contribution in [3.8, 4) is 0 Å². The van der Waals surface area contributed by atoms with Gasteiger partial charge in [0, 0.05) is 48.0 Å². The van der Waals surface area contributed by atoms with Gasteiger partial charge in [0.25, 0.3) is 5.69 Å². The highest BCUT2D eigenvalue weighted by atomic mass is 16.6. The fourth-order valence-corrected chi connectivity index (χ4v) is 2.62. The molecule has 1 amide bonds. The van der Waals surface area contributed by atoms with Gasteiger partial charge in [-0.2, -0.15) is 0 Å². The molecule has 3 aromatic rings. The Morgan fingerprint density at radius 2 is 1.84 bits per heavy atom. The van der Waals surface area contributed by atoms with E-state index >= 15 is 0 Å². The summed E-state index contributed by atoms with van der Waals surface area (Å²) in [4.78, 5) is 25.4. The zero-order valence-electron chi connectivity index (χ0n) is 13.5. The summed E-state index contributed by atoms with van der Waals surface area (Å²) in [7, 11) is 0. The number of nitro groups is 1. The Labute approximate surface area is 144 Å². The van der Waals surface area contributed by atoms with Crippen LogP contribution < -0.4 is 10.6 Å². The van der Waals surface area contributed by atoms with Crippen molar-refractivity contribution in [2.24, 2.45) is 0 Å². The normalized spacial score (nSPS) is 10.6. The van der Waals surface area contributed by atoms with Gasteiger partial charge in [0.15, 0.2) is 0 Å². The van der Waals surface area contributed by atoms with Crippen LogP contribution in [-0.2, 0) is 11.2 Å². The Kier molecular flexibility index (Phi) is 4.94. The minimum atomic E-state index is -0.436. The Hall–Kier alpha value is -3.35. The van der Waals surface area contributed by atoms with Crippen LogP contribution in [0, 0.1) is 10.1 Å². The standard InChI is InChI=1S/C18H18N4O3/c23-18(11-13-12-21-17-4-2-1-3-16(13)17)20-10-9-19-14-5-7-15(8-6-14)22(24)25/h1-8,12,19,21H,9-11H2,(H,20,23). The van der Waals surface area contributed by atoms with Gasteiger partial charge in [-0.1, -0.05) is 18.2 Å². The van der Waals surface area contributed by atoms with E-state index in [9.17, 15) is 14.9 Å². The van der Waals surface area contributed by atoms with Crippen LogP contribution in [0.2, 0.25) is 0 Å². The van der Waals surface area contributed by atoms with E-state index in [1.807, 2.05) is 30.5 Å². The number of hydrogen-bond acceptors (Lipinski definition) is 4. The molecular formula is C18H18N4O3. The molecule has 0 aliphatic heterocycles. The molecule has 0 unspecified atom stereocenters. The Morgan fingerprint density at radius 1 is 1.08 bits per heavy atom. The van der Waals surface area contributed by atoms with Crippen molar-refractivity contribution in [1.29, 1.82) is 0 Å². The topological polar surface area (TPSA) is 100 Å². The second-order valence-electron chi connectivity index (χ2n) is 5.62. The SMILES string of the molecule is O=C(Cc1c[nH]c2ccccc12)NCCNc1ccc([N+](=O)[O-])cc1. The number of rotatable bonds is 7. The zero-order chi connectivity index (χ0) is 17.6. The molecule has 3 rings (SSSR count). The maximum absolute atomic E-state index is 12.1. The van der Waals surface area contributed by atoms with Crippen LogP contribution >= 0.6 is 0 Å². The Morgan fingerprint density at radius 3 is 2.60 bits per heavy atom. The summed E-state index contributed by atoms with van der Waals surface area (Å²) in [6, 6.07) is 14.0. The lowest BCUT2D eigenvalue weighted by Crippen LogP contribution is -2.29. The molecule has 128 valence electrons. The fraction of sp³-hybridized carbons (Fsp3) is 0.167. The maximum Gasteiger partial charge on any atom is 0.269 e. The van der Waals surface area contributed by atoms with Gasteiger partial charge >= 0.3 is 0 Å². The number of nitrogens with one attached hydrogen (secondary N) is 3. The van der Waals surface area contributed by atoms with Gasteiger partial charge in [0.1, 0.15) is 0 Å². The van der Waals surface area contributed by atoms with Crippen molar-refractivity contribution in [3.63, 3.8) is 0 Å². The van der Waals surface area contributed by atoms with Gasteiger partial charge in [0.2, 0.25) is 5.91 Å². The first-order valence-corrected chi connectivity index (χ1v) is 7.93. The number of para-hydroxylation sites is 1. The molecule has 1 heterocycles. The summed E-state index contributed by atoms with van der Waals surface area (Å²) < 4.78 is 0. The molecular weight excluding hydrogens is 320 g/mol. The van der Waals surface area contributed by atoms with Crippen molar-refractivity contribution >= 4 is 28.2 Å². The van der Waals surface area contributed by atoms with Crippen LogP contribution in [0.15, 0.2) is 54.7 Å². The number of benzene rings is 2. The fourth-order valence-electron chi connectivity index (χ4n) is 2.62. The molecule has 0 radical (unpaired) electrons. The summed E-state index contributed by atoms with van der Waals surface area (Å²) in [5.41, 5.74) is 2.82. The molecule has 0 fully saturated rings. The minimum Gasteiger partial charge on any atom is -0.383 e. The molecule has 7 heteroatoms. The molecule has 0 saturated carbocycles. The summed E-state index contributed by atoms with van der Waals surface area (Å²) in [5, 5.41) is 17.6. The first kappa shape index (κ1) is 16.5. The molecule has 3 N–H and O–H groups in total. The number of nitrogens with zero attached hydrogens (tertiary/aromatic N) is 1. The van der Waals surface area contributed by atoms with Gasteiger partial charge in [-0.25, -0.2) is 0 Å². The summed E-state index contributed by atoms with van der Waals surface area (Å²) in [5.74, 6) is -0.0461. The van der Waals surface area contributed by atoms with Crippen molar-refractivity contribution < 1.29 is 9.72 Å². The van der Waals surface area contributed by atoms with Crippen LogP contribution in [0.4, 0.5) is 11.4 Å². The number of amides is 1. The largest absolute Gasteiger partial charge is 0.383 e. The van der Waals surface area contributed by atoms with E-state index in [1.54, 1.807) is 12.1 Å². The van der Waals surface area contributed by atoms with E-state index in [0.29, 0.717) is 19.5 Å². The molecule has 0 spiro atoms. The predicted molar refractivity (Wildman–Crippen MR) is 96.6 cm³/mol. The van der Waals surface area contributed by atoms with Crippen LogP contribution in [0.5, 0.6) is 0 Å². The summed E-state index contributed by atoms with van der Waals surface area (Å²) in [6.07, 6.45) is 2.18. The third kappa shape index (κ3) is 4.14. The minimum absolute atomic E-state index is 0.0461. The van der Waals surface area contributed by atoms with Gasteiger partial charge in [0.05, 0.1) is 11.3 Å². The van der Waals surface area contributed by atoms with Crippen molar-refractivity contribution in [2.45, 2.75) is 6.42 Å². The van der Waals surface area contributed by atoms with Gasteiger partial charge in [-0.15, -0.1) is 0 Å². The Balaban J connectivity index is 1.44.